The Kier molecular flexibility index (Phi) is 5.62. The summed E-state index contributed by atoms with van der Waals surface area (Å²) >= 11 is 0. The molecule has 5 nitrogen and oxygen atoms in total. The molecule has 0 aliphatic carbocycles. The van der Waals surface area contributed by atoms with E-state index in [1.165, 1.54) is 0 Å². The topological polar surface area (TPSA) is 58.6 Å². The lowest BCUT2D eigenvalue weighted by atomic mass is 9.82. The molecule has 21 heavy (non-hydrogen) atoms. The van der Waals surface area contributed by atoms with Gasteiger partial charge in [-0.3, -0.25) is 9.59 Å². The normalized spacial score (nSPS) is 22.9. The maximum absolute atomic E-state index is 12.1. The molecule has 0 aromatic rings. The first-order chi connectivity index (χ1) is 9.98. The molecule has 0 spiro atoms. The highest BCUT2D eigenvalue weighted by molar-refractivity contribution is 5.76. The summed E-state index contributed by atoms with van der Waals surface area (Å²) in [6.45, 7) is 7.78. The summed E-state index contributed by atoms with van der Waals surface area (Å²) in [6, 6.07) is 0. The first-order valence-corrected chi connectivity index (χ1v) is 8.08. The number of hydrogen-bond donors (Lipinski definition) is 1. The van der Waals surface area contributed by atoms with Gasteiger partial charge < -0.3 is 15.0 Å². The molecule has 2 saturated heterocycles. The van der Waals surface area contributed by atoms with E-state index in [-0.39, 0.29) is 17.2 Å². The molecule has 0 atom stereocenters. The molecule has 0 unspecified atom stereocenters. The number of carbonyl (C=O) groups is 2. The lowest BCUT2D eigenvalue weighted by molar-refractivity contribution is -0.130. The van der Waals surface area contributed by atoms with Gasteiger partial charge in [0, 0.05) is 46.2 Å². The van der Waals surface area contributed by atoms with Crippen LogP contribution in [0.1, 0.15) is 46.0 Å². The van der Waals surface area contributed by atoms with Crippen molar-refractivity contribution >= 4 is 11.8 Å². The lowest BCUT2D eigenvalue weighted by Gasteiger charge is -2.34. The molecular weight excluding hydrogens is 268 g/mol. The molecule has 0 aromatic carbocycles. The van der Waals surface area contributed by atoms with Gasteiger partial charge in [-0.05, 0) is 37.0 Å². The van der Waals surface area contributed by atoms with Gasteiger partial charge in [-0.2, -0.15) is 0 Å². The van der Waals surface area contributed by atoms with Crippen LogP contribution in [0.15, 0.2) is 0 Å². The molecule has 2 fully saturated rings. The maximum atomic E-state index is 12.1. The van der Waals surface area contributed by atoms with Crippen molar-refractivity contribution in [3.05, 3.63) is 0 Å². The van der Waals surface area contributed by atoms with Gasteiger partial charge in [0.05, 0.1) is 0 Å². The van der Waals surface area contributed by atoms with Crippen LogP contribution in [0.3, 0.4) is 0 Å². The molecular formula is C16H28N2O3. The van der Waals surface area contributed by atoms with Crippen molar-refractivity contribution < 1.29 is 14.3 Å². The van der Waals surface area contributed by atoms with Crippen molar-refractivity contribution in [1.29, 1.82) is 0 Å². The predicted molar refractivity (Wildman–Crippen MR) is 80.8 cm³/mol. The molecule has 1 N–H and O–H groups in total. The number of ether oxygens (including phenoxy) is 1. The molecule has 0 aromatic heterocycles. The minimum absolute atomic E-state index is 0.144. The van der Waals surface area contributed by atoms with Crippen molar-refractivity contribution in [3.63, 3.8) is 0 Å². The van der Waals surface area contributed by atoms with E-state index in [1.54, 1.807) is 6.92 Å². The standard InChI is InChI=1S/C16H28N2O3/c1-13(19)18-7-3-14(4-8-18)11-15(20)17-12-16(2)5-9-21-10-6-16/h14H,3-12H2,1-2H3,(H,17,20). The third-order valence-electron chi connectivity index (χ3n) is 4.95. The third-order valence-corrected chi connectivity index (χ3v) is 4.95. The maximum Gasteiger partial charge on any atom is 0.220 e. The van der Waals surface area contributed by atoms with E-state index in [9.17, 15) is 9.59 Å². The van der Waals surface area contributed by atoms with Crippen LogP contribution in [0, 0.1) is 11.3 Å². The lowest BCUT2D eigenvalue weighted by Crippen LogP contribution is -2.41. The zero-order valence-corrected chi connectivity index (χ0v) is 13.3. The van der Waals surface area contributed by atoms with E-state index in [0.717, 1.165) is 58.5 Å². The Hall–Kier alpha value is -1.10. The molecule has 120 valence electrons. The number of hydrogen-bond acceptors (Lipinski definition) is 3. The molecule has 0 radical (unpaired) electrons. The van der Waals surface area contributed by atoms with Crippen LogP contribution >= 0.6 is 0 Å². The quantitative estimate of drug-likeness (QED) is 0.856. The van der Waals surface area contributed by atoms with Gasteiger partial charge in [0.25, 0.3) is 0 Å². The molecule has 2 aliphatic rings. The Morgan fingerprint density at radius 1 is 1.24 bits per heavy atom. The highest BCUT2D eigenvalue weighted by Crippen LogP contribution is 2.29. The van der Waals surface area contributed by atoms with Gasteiger partial charge in [0.2, 0.25) is 11.8 Å². The Morgan fingerprint density at radius 3 is 2.43 bits per heavy atom. The highest BCUT2D eigenvalue weighted by Gasteiger charge is 2.28. The van der Waals surface area contributed by atoms with Gasteiger partial charge in [0.1, 0.15) is 0 Å². The van der Waals surface area contributed by atoms with Crippen molar-refractivity contribution in [2.45, 2.75) is 46.0 Å². The molecule has 2 amide bonds. The van der Waals surface area contributed by atoms with E-state index in [1.807, 2.05) is 4.90 Å². The van der Waals surface area contributed by atoms with Gasteiger partial charge in [0.15, 0.2) is 0 Å². The fourth-order valence-electron chi connectivity index (χ4n) is 3.14. The number of carbonyl (C=O) groups excluding carboxylic acids is 2. The van der Waals surface area contributed by atoms with Crippen LogP contribution in [0.2, 0.25) is 0 Å². The Morgan fingerprint density at radius 2 is 1.86 bits per heavy atom. The number of rotatable bonds is 4. The van der Waals surface area contributed by atoms with Gasteiger partial charge >= 0.3 is 0 Å². The Labute approximate surface area is 127 Å². The summed E-state index contributed by atoms with van der Waals surface area (Å²) < 4.78 is 5.38. The molecule has 0 saturated carbocycles. The summed E-state index contributed by atoms with van der Waals surface area (Å²) in [5, 5.41) is 3.10. The second-order valence-electron chi connectivity index (χ2n) is 6.85. The summed E-state index contributed by atoms with van der Waals surface area (Å²) in [7, 11) is 0. The minimum atomic E-state index is 0.144. The fraction of sp³-hybridized carbons (Fsp3) is 0.875. The average Bonchev–Trinajstić information content (AvgIpc) is 2.47. The molecule has 2 rings (SSSR count). The highest BCUT2D eigenvalue weighted by atomic mass is 16.5. The SMILES string of the molecule is CC(=O)N1CCC(CC(=O)NCC2(C)CCOCC2)CC1. The van der Waals surface area contributed by atoms with Gasteiger partial charge in [-0.15, -0.1) is 0 Å². The van der Waals surface area contributed by atoms with Crippen LogP contribution in [0.25, 0.3) is 0 Å². The molecule has 2 aliphatic heterocycles. The van der Waals surface area contributed by atoms with E-state index in [4.69, 9.17) is 4.74 Å². The van der Waals surface area contributed by atoms with E-state index in [0.29, 0.717) is 12.3 Å². The van der Waals surface area contributed by atoms with Crippen molar-refractivity contribution in [2.75, 3.05) is 32.8 Å². The Bertz CT molecular complexity index is 370. The van der Waals surface area contributed by atoms with Crippen molar-refractivity contribution in [3.8, 4) is 0 Å². The molecule has 5 heteroatoms. The second-order valence-corrected chi connectivity index (χ2v) is 6.85. The van der Waals surface area contributed by atoms with E-state index < -0.39 is 0 Å². The molecule has 2 heterocycles. The average molecular weight is 296 g/mol. The van der Waals surface area contributed by atoms with Gasteiger partial charge in [-0.1, -0.05) is 6.92 Å². The number of piperidine rings is 1. The summed E-state index contributed by atoms with van der Waals surface area (Å²) in [6.07, 6.45) is 4.52. The largest absolute Gasteiger partial charge is 0.381 e. The summed E-state index contributed by atoms with van der Waals surface area (Å²) in [5.74, 6) is 0.720. The van der Waals surface area contributed by atoms with Crippen LogP contribution in [-0.4, -0.2) is 49.6 Å². The number of likely N-dealkylation sites (tertiary alicyclic amines) is 1. The minimum Gasteiger partial charge on any atom is -0.381 e. The number of nitrogens with zero attached hydrogens (tertiary/aromatic N) is 1. The number of amides is 2. The zero-order valence-electron chi connectivity index (χ0n) is 13.3. The predicted octanol–water partition coefficient (Wildman–Crippen LogP) is 1.57. The zero-order chi connectivity index (χ0) is 15.3. The van der Waals surface area contributed by atoms with E-state index in [2.05, 4.69) is 12.2 Å². The van der Waals surface area contributed by atoms with Crippen LogP contribution < -0.4 is 5.32 Å². The summed E-state index contributed by atoms with van der Waals surface area (Å²) in [5.41, 5.74) is 0.186. The van der Waals surface area contributed by atoms with E-state index >= 15 is 0 Å². The first-order valence-electron chi connectivity index (χ1n) is 8.08. The van der Waals surface area contributed by atoms with Crippen LogP contribution in [-0.2, 0) is 14.3 Å². The van der Waals surface area contributed by atoms with Crippen LogP contribution in [0.5, 0.6) is 0 Å². The third kappa shape index (κ3) is 4.99. The molecule has 0 bridgehead atoms. The van der Waals surface area contributed by atoms with Crippen molar-refractivity contribution in [2.24, 2.45) is 11.3 Å². The Balaban J connectivity index is 1.67. The van der Waals surface area contributed by atoms with Crippen LogP contribution in [0.4, 0.5) is 0 Å². The monoisotopic (exact) mass is 296 g/mol. The number of nitrogens with one attached hydrogen (secondary N) is 1. The fourth-order valence-corrected chi connectivity index (χ4v) is 3.14. The second kappa shape index (κ2) is 7.25. The first kappa shape index (κ1) is 16.3. The van der Waals surface area contributed by atoms with Crippen molar-refractivity contribution in [1.82, 2.24) is 10.2 Å². The van der Waals surface area contributed by atoms with Gasteiger partial charge in [-0.25, -0.2) is 0 Å². The summed E-state index contributed by atoms with van der Waals surface area (Å²) in [4.78, 5) is 25.2. The smallest absolute Gasteiger partial charge is 0.220 e.